The van der Waals surface area contributed by atoms with Crippen molar-refractivity contribution in [3.05, 3.63) is 451 Å². The number of pyridine rings is 5. The summed E-state index contributed by atoms with van der Waals surface area (Å²) in [5, 5.41) is 5.31. The standard InChI is InChI=1S/5C25H22N3/c1-17-10-4-6-12-20(17)25-27(3)22-14-8-9-15-23(22)28(25)24-18(2)16-19-11-5-7-13-21(19)26-24;1-17-9-4-5-11-20(17)25-27(3)22-12-6-7-13-23(22)28(25)21-15-14-19-10-8-16-26-24(19)18(21)2;1-17-9-4-5-10-19(17)25-27(3)23-12-6-7-13-24(23)28(25)22-15-14-21-20(18(22)2)11-8-16-26-21;1-17-8-4-5-9-20(17)25-27(3)23-10-6-7-11-24(23)28(25)22-13-12-19-16-26-15-14-21(19)18(22)2;1-17-8-4-5-9-20(17)25-27(3)23-10-6-7-11-24(23)28(25)22-13-12-19-14-15-26-16-21(19)18(22)2/h5*4-16H,1-3H3/q5*+1/i5*2D3. The van der Waals surface area contributed by atoms with Crippen molar-refractivity contribution in [2.24, 2.45) is 35.2 Å². The second-order valence-corrected chi connectivity index (χ2v) is 35.3. The molecule has 0 spiro atoms. The molecule has 0 aliphatic heterocycles. The molecule has 25 aromatic rings. The van der Waals surface area contributed by atoms with Gasteiger partial charge >= 0.3 is 0 Å². The molecule has 10 heterocycles. The van der Waals surface area contributed by atoms with Crippen molar-refractivity contribution in [3.63, 3.8) is 0 Å². The highest BCUT2D eigenvalue weighted by Gasteiger charge is 2.35. The van der Waals surface area contributed by atoms with Gasteiger partial charge in [0.15, 0.2) is 55.2 Å². The quantitative estimate of drug-likeness (QED) is 0.127. The van der Waals surface area contributed by atoms with E-state index >= 15 is 0 Å². The van der Waals surface area contributed by atoms with Crippen LogP contribution in [0.15, 0.2) is 395 Å². The van der Waals surface area contributed by atoms with Gasteiger partial charge in [-0.3, -0.25) is 19.9 Å². The zero-order chi connectivity index (χ0) is 109. The van der Waals surface area contributed by atoms with Crippen LogP contribution in [0.1, 0.15) is 76.2 Å². The van der Waals surface area contributed by atoms with Crippen LogP contribution in [0.2, 0.25) is 0 Å². The fourth-order valence-electron chi connectivity index (χ4n) is 20.0. The van der Waals surface area contributed by atoms with Crippen LogP contribution in [-0.2, 0) is 35.2 Å². The number of fused-ring (bicyclic) bond motifs is 10. The molecule has 0 saturated carbocycles. The van der Waals surface area contributed by atoms with Crippen LogP contribution in [-0.4, -0.2) is 47.8 Å². The van der Waals surface area contributed by atoms with Gasteiger partial charge in [0.2, 0.25) is 5.82 Å². The van der Waals surface area contributed by atoms with Gasteiger partial charge in [0, 0.05) is 112 Å². The van der Waals surface area contributed by atoms with E-state index in [4.69, 9.17) is 25.5 Å². The molecule has 680 valence electrons. The van der Waals surface area contributed by atoms with Gasteiger partial charge in [-0.15, -0.1) is 0 Å². The molecule has 0 bridgehead atoms. The molecule has 15 nitrogen and oxygen atoms in total. The van der Waals surface area contributed by atoms with Crippen LogP contribution < -0.4 is 22.8 Å². The van der Waals surface area contributed by atoms with Gasteiger partial charge in [-0.05, 0) is 277 Å². The highest BCUT2D eigenvalue weighted by Crippen LogP contribution is 2.40. The summed E-state index contributed by atoms with van der Waals surface area (Å²) in [5.74, 6) is 5.08. The van der Waals surface area contributed by atoms with E-state index in [0.29, 0.717) is 72.4 Å². The Bertz CT molecular complexity index is 8700. The Morgan fingerprint density at radius 2 is 0.579 bits per heavy atom. The maximum atomic E-state index is 8.37. The molecular weight excluding hydrogens is 1710 g/mol. The lowest BCUT2D eigenvalue weighted by molar-refractivity contribution is -0.634. The molecule has 0 N–H and O–H groups in total. The Labute approximate surface area is 836 Å². The maximum absolute atomic E-state index is 8.37. The van der Waals surface area contributed by atoms with Crippen LogP contribution >= 0.6 is 0 Å². The average Bonchev–Trinajstić information content (AvgIpc) is 1.60. The molecule has 0 aliphatic carbocycles. The van der Waals surface area contributed by atoms with Crippen molar-refractivity contribution in [2.75, 3.05) is 0 Å². The van der Waals surface area contributed by atoms with Gasteiger partial charge in [-0.2, -0.15) is 22.8 Å². The van der Waals surface area contributed by atoms with Crippen LogP contribution in [0.3, 0.4) is 0 Å². The maximum Gasteiger partial charge on any atom is 0.296 e. The summed E-state index contributed by atoms with van der Waals surface area (Å²) in [6.07, 6.45) is 10.0. The number of rotatable bonds is 10. The first-order valence-corrected chi connectivity index (χ1v) is 46.6. The average molecular weight is 1840 g/mol. The van der Waals surface area contributed by atoms with Gasteiger partial charge in [0.05, 0.1) is 79.6 Å². The Hall–Kier alpha value is -17.3. The predicted octanol–water partition coefficient (Wildman–Crippen LogP) is 26.4. The summed E-state index contributed by atoms with van der Waals surface area (Å²) in [7, 11) is 10.1. The molecular formula is C125H110N15+5. The summed E-state index contributed by atoms with van der Waals surface area (Å²) in [6.45, 7) is -1.15. The van der Waals surface area contributed by atoms with Gasteiger partial charge in [0.1, 0.15) is 22.7 Å². The van der Waals surface area contributed by atoms with Gasteiger partial charge in [0.25, 0.3) is 29.1 Å². The zero-order valence-electron chi connectivity index (χ0n) is 94.2. The zero-order valence-corrected chi connectivity index (χ0v) is 79.2. The van der Waals surface area contributed by atoms with E-state index < -0.39 is 34.3 Å². The lowest BCUT2D eigenvalue weighted by Crippen LogP contribution is -2.30. The third-order valence-electron chi connectivity index (χ3n) is 27.0. The minimum Gasteiger partial charge on any atom is -0.264 e. The van der Waals surface area contributed by atoms with Crippen LogP contribution in [0.5, 0.6) is 0 Å². The number of aryl methyl sites for hydroxylation is 15. The predicted molar refractivity (Wildman–Crippen MR) is 573 cm³/mol. The molecule has 0 fully saturated rings. The molecule has 25 rings (SSSR count). The molecule has 0 atom stereocenters. The molecule has 0 radical (unpaired) electrons. The molecule has 15 heteroatoms. The minimum absolute atomic E-state index is 0.238. The summed E-state index contributed by atoms with van der Waals surface area (Å²) in [5.41, 5.74) is 26.7. The lowest BCUT2D eigenvalue weighted by Gasteiger charge is -2.10. The fraction of sp³-hybridized carbons (Fsp3) is 0.120. The normalized spacial score (nSPS) is 13.4. The SMILES string of the molecule is [2H]C([2H])([2H])c1c(-n2c(-c3ccccc3C)[n+](C)c3ccccc32)ccc2cccnc12.[2H]C([2H])([2H])c1c(-n2c(-c3ccccc3C)[n+](C)c3ccccc32)ccc2ccncc12.[2H]C([2H])([2H])c1c(-n2c(-c3ccccc3C)[n+](C)c3ccccc32)ccc2cnccc12.[2H]C([2H])([2H])c1c(-n2c(-c3ccccc3C)[n+](C)c3ccccc32)ccc2ncccc12.[2H]C([2H])([2H])c1cc2ccccc2nc1-n1c(-c2ccccc2C)[n+](C)c2ccccc21. The first kappa shape index (κ1) is 73.1. The van der Waals surface area contributed by atoms with Crippen molar-refractivity contribution < 1.29 is 43.4 Å². The van der Waals surface area contributed by atoms with Gasteiger partial charge in [-0.25, -0.2) is 27.8 Å². The Balaban J connectivity index is 0.000000112. The van der Waals surface area contributed by atoms with Crippen molar-refractivity contribution >= 4 is 109 Å². The number of imidazole rings is 5. The summed E-state index contributed by atoms with van der Waals surface area (Å²) in [6, 6.07) is 117. The molecule has 10 aromatic heterocycles. The Morgan fingerprint density at radius 3 is 1.03 bits per heavy atom. The molecule has 15 aromatic carbocycles. The number of aromatic nitrogens is 15. The third-order valence-corrected chi connectivity index (χ3v) is 27.0. The number of nitrogens with zero attached hydrogens (tertiary/aromatic N) is 15. The van der Waals surface area contributed by atoms with Gasteiger partial charge in [-0.1, -0.05) is 188 Å². The first-order chi connectivity index (χ1) is 74.4. The number of hydrogen-bond donors (Lipinski definition) is 0. The minimum atomic E-state index is -2.32. The van der Waals surface area contributed by atoms with Crippen LogP contribution in [0.4, 0.5) is 0 Å². The summed E-state index contributed by atoms with van der Waals surface area (Å²) < 4.78 is 146. The largest absolute Gasteiger partial charge is 0.296 e. The van der Waals surface area contributed by atoms with E-state index in [9.17, 15) is 0 Å². The highest BCUT2D eigenvalue weighted by atomic mass is 15.2. The molecule has 0 amide bonds. The Kier molecular flexibility index (Phi) is 19.5. The second-order valence-electron chi connectivity index (χ2n) is 35.3. The van der Waals surface area contributed by atoms with E-state index in [1.165, 1.54) is 0 Å². The second kappa shape index (κ2) is 37.4. The van der Waals surface area contributed by atoms with Crippen molar-refractivity contribution in [1.29, 1.82) is 0 Å². The number of para-hydroxylation sites is 11. The van der Waals surface area contributed by atoms with E-state index in [-0.39, 0.29) is 11.1 Å². The van der Waals surface area contributed by atoms with Crippen molar-refractivity contribution in [2.45, 2.75) is 68.9 Å². The van der Waals surface area contributed by atoms with E-state index in [2.05, 4.69) is 181 Å². The van der Waals surface area contributed by atoms with E-state index in [0.717, 1.165) is 167 Å². The van der Waals surface area contributed by atoms with Gasteiger partial charge < -0.3 is 0 Å². The topological polar surface area (TPSA) is 108 Å². The molecule has 0 saturated heterocycles. The monoisotopic (exact) mass is 1840 g/mol. The van der Waals surface area contributed by atoms with Crippen molar-refractivity contribution in [1.82, 2.24) is 47.8 Å². The molecule has 0 aliphatic rings. The summed E-state index contributed by atoms with van der Waals surface area (Å²) in [4.78, 5) is 22.1. The molecule has 0 unspecified atom stereocenters. The first-order valence-electron chi connectivity index (χ1n) is 54.1. The van der Waals surface area contributed by atoms with E-state index in [1.807, 2.05) is 295 Å². The number of benzene rings is 15. The highest BCUT2D eigenvalue weighted by molar-refractivity contribution is 5.95. The summed E-state index contributed by atoms with van der Waals surface area (Å²) >= 11 is 0. The van der Waals surface area contributed by atoms with Crippen molar-refractivity contribution in [3.8, 4) is 85.5 Å². The van der Waals surface area contributed by atoms with Crippen LogP contribution in [0, 0.1) is 68.9 Å². The molecule has 140 heavy (non-hydrogen) atoms. The smallest absolute Gasteiger partial charge is 0.264 e. The lowest BCUT2D eigenvalue weighted by atomic mass is 10.0. The van der Waals surface area contributed by atoms with Crippen LogP contribution in [0.25, 0.3) is 195 Å². The number of hydrogen-bond acceptors (Lipinski definition) is 5. The third kappa shape index (κ3) is 15.7. The Morgan fingerprint density at radius 1 is 0.236 bits per heavy atom. The van der Waals surface area contributed by atoms with E-state index in [1.54, 1.807) is 55.4 Å². The fourth-order valence-corrected chi connectivity index (χ4v) is 20.0.